The molecular weight excluding hydrogens is 350 g/mol. The highest BCUT2D eigenvalue weighted by Gasteiger charge is 2.02. The Morgan fingerprint density at radius 3 is 1.55 bits per heavy atom. The molecule has 0 saturated heterocycles. The van der Waals surface area contributed by atoms with Gasteiger partial charge in [-0.05, 0) is 63.2 Å². The second-order valence-corrected chi connectivity index (χ2v) is 5.62. The van der Waals surface area contributed by atoms with Crippen LogP contribution in [0.25, 0.3) is 33.0 Å². The fraction of sp³-hybridized carbons (Fsp3) is 0. The minimum absolute atomic E-state index is 0.436. The zero-order chi connectivity index (χ0) is 36.9. The van der Waals surface area contributed by atoms with E-state index in [-0.39, 0.29) is 0 Å². The average Bonchev–Trinajstić information content (AvgIpc) is 3.06. The highest BCUT2D eigenvalue weighted by Crippen LogP contribution is 2.27. The molecule has 1 N–H and O–H groups in total. The summed E-state index contributed by atoms with van der Waals surface area (Å²) in [5.41, 5.74) is -3.75. The van der Waals surface area contributed by atoms with E-state index in [1.165, 1.54) is 0 Å². The lowest BCUT2D eigenvalue weighted by Gasteiger charge is -2.09. The van der Waals surface area contributed by atoms with Crippen molar-refractivity contribution in [3.63, 3.8) is 0 Å². The van der Waals surface area contributed by atoms with Gasteiger partial charge in [0.2, 0.25) is 0 Å². The molecule has 1 nitrogen and oxygen atoms in total. The molecule has 0 radical (unpaired) electrons. The van der Waals surface area contributed by atoms with Gasteiger partial charge in [0.15, 0.2) is 0 Å². The van der Waals surface area contributed by atoms with Crippen LogP contribution >= 0.6 is 0 Å². The number of anilines is 2. The molecule has 0 spiro atoms. The summed E-state index contributed by atoms with van der Waals surface area (Å²) in [5.74, 6) is 0. The summed E-state index contributed by atoms with van der Waals surface area (Å²) in [4.78, 5) is 0. The summed E-state index contributed by atoms with van der Waals surface area (Å²) in [6, 6.07) is -15.7. The van der Waals surface area contributed by atoms with E-state index >= 15 is 0 Å². The van der Waals surface area contributed by atoms with Gasteiger partial charge in [0, 0.05) is 11.4 Å². The average molecular weight is 392 g/mol. The molecule has 0 aliphatic carbocycles. The Morgan fingerprint density at radius 1 is 0.414 bits per heavy atom. The SMILES string of the molecule is [2H]c1c([2H])c([2H])c(-c2c([2H])c([2H])c(Nc3c([2H])c([2H])c(-c4c([2H])c([2H])c5c([2H])c([2H])c([2H])c([2H])c5c4[2H])c([2H])c3[2H])c([2H])c2[2H])c([2H])c1[2H]. The maximum absolute atomic E-state index is 8.74. The van der Waals surface area contributed by atoms with Crippen LogP contribution in [0.5, 0.6) is 0 Å². The van der Waals surface area contributed by atoms with Gasteiger partial charge in [0.05, 0.1) is 27.4 Å². The zero-order valence-electron chi connectivity index (χ0n) is 34.5. The first-order valence-corrected chi connectivity index (χ1v) is 8.25. The Labute approximate surface area is 199 Å². The monoisotopic (exact) mass is 391 g/mol. The van der Waals surface area contributed by atoms with Gasteiger partial charge in [0.1, 0.15) is 0 Å². The third-order valence-electron chi connectivity index (χ3n) is 3.75. The smallest absolute Gasteiger partial charge is 0.0645 e. The van der Waals surface area contributed by atoms with E-state index in [9.17, 15) is 0 Å². The lowest BCUT2D eigenvalue weighted by atomic mass is 10.0. The van der Waals surface area contributed by atoms with Gasteiger partial charge < -0.3 is 5.32 Å². The van der Waals surface area contributed by atoms with Crippen molar-refractivity contribution in [1.82, 2.24) is 0 Å². The van der Waals surface area contributed by atoms with Crippen molar-refractivity contribution in [2.45, 2.75) is 0 Å². The molecule has 5 rings (SSSR count). The number of rotatable bonds is 4. The van der Waals surface area contributed by atoms with E-state index in [0.29, 0.717) is 0 Å². The molecular formula is C28H21N. The van der Waals surface area contributed by atoms with Crippen LogP contribution in [0.15, 0.2) is 121 Å². The van der Waals surface area contributed by atoms with Crippen molar-refractivity contribution in [3.05, 3.63) is 121 Å². The predicted molar refractivity (Wildman–Crippen MR) is 125 cm³/mol. The first-order valence-electron chi connectivity index (χ1n) is 18.2. The number of benzene rings is 5. The van der Waals surface area contributed by atoms with Crippen LogP contribution in [0.3, 0.4) is 0 Å². The van der Waals surface area contributed by atoms with E-state index in [0.717, 1.165) is 0 Å². The topological polar surface area (TPSA) is 12.0 Å². The first-order chi connectivity index (χ1) is 22.7. The lowest BCUT2D eigenvalue weighted by molar-refractivity contribution is 1.54. The maximum Gasteiger partial charge on any atom is 0.0645 e. The second-order valence-electron chi connectivity index (χ2n) is 5.62. The summed E-state index contributed by atoms with van der Waals surface area (Å²) in [6.45, 7) is 0. The highest BCUT2D eigenvalue weighted by atomic mass is 14.9. The van der Waals surface area contributed by atoms with Gasteiger partial charge in [-0.3, -0.25) is 0 Å². The summed E-state index contributed by atoms with van der Waals surface area (Å²) in [5, 5.41) is 1.50. The molecule has 0 aliphatic heterocycles. The van der Waals surface area contributed by atoms with E-state index in [1.54, 1.807) is 0 Å². The standard InChI is InChI=1S/C28H21N/c1-2-6-21(7-3-1)23-12-16-27(17-13-23)29-28-18-14-24(15-19-28)26-11-10-22-8-4-5-9-25(22)20-26/h1-20,29H/i1D,2D,3D,4D,5D,6D,7D,8D,9D,10D,11D,12D,13D,14D,15D,16D,17D,18D,19D,20D. The molecule has 138 valence electrons. The van der Waals surface area contributed by atoms with Gasteiger partial charge >= 0.3 is 0 Å². The van der Waals surface area contributed by atoms with Gasteiger partial charge in [-0.2, -0.15) is 0 Å². The molecule has 0 aliphatic rings. The Bertz CT molecular complexity index is 2230. The molecule has 5 aromatic rings. The van der Waals surface area contributed by atoms with E-state index < -0.39 is 165 Å². The third-order valence-corrected chi connectivity index (χ3v) is 3.75. The molecule has 0 unspecified atom stereocenters. The Balaban J connectivity index is 1.75. The molecule has 0 saturated carbocycles. The summed E-state index contributed by atoms with van der Waals surface area (Å²) >= 11 is 0. The van der Waals surface area contributed by atoms with Crippen molar-refractivity contribution in [2.75, 3.05) is 5.32 Å². The normalized spacial score (nSPS) is 20.4. The quantitative estimate of drug-likeness (QED) is 0.328. The van der Waals surface area contributed by atoms with Crippen LogP contribution in [-0.2, 0) is 0 Å². The van der Waals surface area contributed by atoms with Gasteiger partial charge in [-0.25, -0.2) is 0 Å². The maximum atomic E-state index is 8.74. The summed E-state index contributed by atoms with van der Waals surface area (Å²) in [6.07, 6.45) is 0. The molecule has 0 aromatic heterocycles. The fourth-order valence-electron chi connectivity index (χ4n) is 2.41. The predicted octanol–water partition coefficient (Wildman–Crippen LogP) is 7.92. The second kappa shape index (κ2) is 7.65. The van der Waals surface area contributed by atoms with Gasteiger partial charge in [-0.1, -0.05) is 90.6 Å². The van der Waals surface area contributed by atoms with Crippen molar-refractivity contribution < 1.29 is 27.4 Å². The highest BCUT2D eigenvalue weighted by molar-refractivity contribution is 5.87. The van der Waals surface area contributed by atoms with Crippen molar-refractivity contribution in [3.8, 4) is 22.3 Å². The molecule has 0 amide bonds. The molecule has 0 fully saturated rings. The summed E-state index contributed by atoms with van der Waals surface area (Å²) < 4.78 is 167. The molecule has 0 bridgehead atoms. The lowest BCUT2D eigenvalue weighted by Crippen LogP contribution is -1.90. The van der Waals surface area contributed by atoms with Crippen LogP contribution in [0.2, 0.25) is 0 Å². The Kier molecular flexibility index (Phi) is 1.60. The molecule has 1 heteroatoms. The van der Waals surface area contributed by atoms with Crippen LogP contribution in [0.4, 0.5) is 11.4 Å². The minimum Gasteiger partial charge on any atom is -0.356 e. The van der Waals surface area contributed by atoms with E-state index in [4.69, 9.17) is 27.4 Å². The molecule has 5 aromatic carbocycles. The van der Waals surface area contributed by atoms with Crippen molar-refractivity contribution in [1.29, 1.82) is 0 Å². The number of fused-ring (bicyclic) bond motifs is 1. The van der Waals surface area contributed by atoms with E-state index in [1.807, 2.05) is 0 Å². The number of hydrogen-bond donors (Lipinski definition) is 1. The van der Waals surface area contributed by atoms with Gasteiger partial charge in [-0.15, -0.1) is 0 Å². The molecule has 0 heterocycles. The third kappa shape index (κ3) is 3.76. The largest absolute Gasteiger partial charge is 0.356 e. The van der Waals surface area contributed by atoms with Crippen LogP contribution < -0.4 is 5.32 Å². The van der Waals surface area contributed by atoms with Gasteiger partial charge in [0.25, 0.3) is 0 Å². The Hall–Kier alpha value is -3.84. The van der Waals surface area contributed by atoms with Crippen LogP contribution in [-0.4, -0.2) is 0 Å². The Morgan fingerprint density at radius 2 is 0.897 bits per heavy atom. The summed E-state index contributed by atoms with van der Waals surface area (Å²) in [7, 11) is 0. The van der Waals surface area contributed by atoms with Crippen LogP contribution in [0.1, 0.15) is 27.4 Å². The zero-order valence-corrected chi connectivity index (χ0v) is 14.5. The molecule has 29 heavy (non-hydrogen) atoms. The minimum atomic E-state index is -0.865. The molecule has 0 atom stereocenters. The van der Waals surface area contributed by atoms with Crippen molar-refractivity contribution in [2.24, 2.45) is 0 Å². The van der Waals surface area contributed by atoms with E-state index in [2.05, 4.69) is 5.32 Å². The van der Waals surface area contributed by atoms with Crippen molar-refractivity contribution >= 4 is 22.1 Å². The first kappa shape index (κ1) is 6.08. The number of nitrogens with one attached hydrogen (secondary N) is 1. The van der Waals surface area contributed by atoms with Crippen LogP contribution in [0, 0.1) is 0 Å². The fourth-order valence-corrected chi connectivity index (χ4v) is 2.41. The number of hydrogen-bond acceptors (Lipinski definition) is 1.